The van der Waals surface area contributed by atoms with E-state index in [1.807, 2.05) is 12.1 Å². The minimum Gasteiger partial charge on any atom is -0.490 e. The Kier molecular flexibility index (Phi) is 11.8. The maximum Gasteiger partial charge on any atom is 0.245 e. The summed E-state index contributed by atoms with van der Waals surface area (Å²) in [6.45, 7) is 10.7. The van der Waals surface area contributed by atoms with Gasteiger partial charge in [-0.3, -0.25) is 19.7 Å². The van der Waals surface area contributed by atoms with Gasteiger partial charge in [-0.15, -0.1) is 0 Å². The summed E-state index contributed by atoms with van der Waals surface area (Å²) in [5.74, 6) is -0.00153. The summed E-state index contributed by atoms with van der Waals surface area (Å²) in [4.78, 5) is 33.1. The SMILES string of the molecule is C=CC(=O)N1CCC(Nc2cc3c(Nc4ccc(O/C(N)=C/C=Nc5cnc(C)c(F)c5)cc4F)ncnc3cc2OCCN2CCOCC2)CC1. The Bertz CT molecular complexity index is 1960. The predicted molar refractivity (Wildman–Crippen MR) is 195 cm³/mol. The highest BCUT2D eigenvalue weighted by molar-refractivity contribution is 5.95. The Morgan fingerprint density at radius 1 is 1.08 bits per heavy atom. The second-order valence-electron chi connectivity index (χ2n) is 12.3. The number of likely N-dealkylation sites (tertiary alicyclic amines) is 1. The van der Waals surface area contributed by atoms with Crippen LogP contribution in [0.15, 0.2) is 78.5 Å². The molecule has 2 aromatic carbocycles. The van der Waals surface area contributed by atoms with Crippen LogP contribution >= 0.6 is 0 Å². The molecule has 0 bridgehead atoms. The van der Waals surface area contributed by atoms with Crippen LogP contribution in [0.25, 0.3) is 10.9 Å². The number of carbonyl (C=O) groups excluding carboxylic acids is 1. The van der Waals surface area contributed by atoms with Gasteiger partial charge in [-0.05, 0) is 44.0 Å². The zero-order chi connectivity index (χ0) is 36.5. The highest BCUT2D eigenvalue weighted by Crippen LogP contribution is 2.35. The normalized spacial score (nSPS) is 15.9. The highest BCUT2D eigenvalue weighted by Gasteiger charge is 2.23. The van der Waals surface area contributed by atoms with Crippen molar-refractivity contribution in [2.45, 2.75) is 25.8 Å². The number of aromatic nitrogens is 3. The van der Waals surface area contributed by atoms with E-state index in [0.717, 1.165) is 38.2 Å². The van der Waals surface area contributed by atoms with Gasteiger partial charge in [-0.1, -0.05) is 6.58 Å². The van der Waals surface area contributed by atoms with Gasteiger partial charge in [0.05, 0.1) is 47.7 Å². The Morgan fingerprint density at radius 2 is 1.88 bits per heavy atom. The minimum atomic E-state index is -0.603. The van der Waals surface area contributed by atoms with Crippen LogP contribution in [0.1, 0.15) is 18.5 Å². The highest BCUT2D eigenvalue weighted by atomic mass is 19.1. The molecule has 0 unspecified atom stereocenters. The second kappa shape index (κ2) is 17.0. The first kappa shape index (κ1) is 36.1. The average molecular weight is 714 g/mol. The second-order valence-corrected chi connectivity index (χ2v) is 12.3. The lowest BCUT2D eigenvalue weighted by molar-refractivity contribution is -0.126. The van der Waals surface area contributed by atoms with Crippen LogP contribution in [0.3, 0.4) is 0 Å². The number of amides is 1. The lowest BCUT2D eigenvalue weighted by Gasteiger charge is -2.32. The molecule has 0 aliphatic carbocycles. The number of fused-ring (bicyclic) bond motifs is 1. The molecule has 6 rings (SSSR count). The predicted octanol–water partition coefficient (Wildman–Crippen LogP) is 5.24. The van der Waals surface area contributed by atoms with Crippen LogP contribution in [-0.2, 0) is 9.53 Å². The van der Waals surface area contributed by atoms with Crippen molar-refractivity contribution >= 4 is 45.9 Å². The number of halogens is 2. The smallest absolute Gasteiger partial charge is 0.245 e. The van der Waals surface area contributed by atoms with Crippen molar-refractivity contribution in [1.82, 2.24) is 24.8 Å². The molecule has 2 aliphatic rings. The van der Waals surface area contributed by atoms with E-state index in [1.165, 1.54) is 49.1 Å². The molecule has 0 spiro atoms. The van der Waals surface area contributed by atoms with Crippen molar-refractivity contribution in [1.29, 1.82) is 0 Å². The van der Waals surface area contributed by atoms with Crippen molar-refractivity contribution in [3.05, 3.63) is 90.9 Å². The first-order chi connectivity index (χ1) is 25.2. The Labute approximate surface area is 300 Å². The summed E-state index contributed by atoms with van der Waals surface area (Å²) >= 11 is 0. The largest absolute Gasteiger partial charge is 0.490 e. The molecule has 2 aromatic heterocycles. The minimum absolute atomic E-state index is 0.0489. The van der Waals surface area contributed by atoms with E-state index in [4.69, 9.17) is 19.9 Å². The number of piperidine rings is 1. The number of morpholine rings is 1. The molecule has 0 radical (unpaired) electrons. The number of nitrogens with zero attached hydrogens (tertiary/aromatic N) is 6. The number of carbonyl (C=O) groups is 1. The van der Waals surface area contributed by atoms with Gasteiger partial charge in [0, 0.05) is 74.6 Å². The first-order valence-corrected chi connectivity index (χ1v) is 17.0. The molecule has 15 heteroatoms. The first-order valence-electron chi connectivity index (χ1n) is 17.0. The van der Waals surface area contributed by atoms with Crippen molar-refractivity contribution in [2.75, 3.05) is 63.2 Å². The third-order valence-corrected chi connectivity index (χ3v) is 8.75. The zero-order valence-corrected chi connectivity index (χ0v) is 28.9. The number of nitrogens with two attached hydrogens (primary N) is 1. The van der Waals surface area contributed by atoms with Crippen LogP contribution in [0.5, 0.6) is 11.5 Å². The quantitative estimate of drug-likeness (QED) is 0.0948. The van der Waals surface area contributed by atoms with Gasteiger partial charge in [-0.25, -0.2) is 18.7 Å². The Hall–Kier alpha value is -5.67. The monoisotopic (exact) mass is 713 g/mol. The van der Waals surface area contributed by atoms with E-state index in [-0.39, 0.29) is 35.0 Å². The number of ether oxygens (including phenoxy) is 3. The third-order valence-electron chi connectivity index (χ3n) is 8.75. The van der Waals surface area contributed by atoms with Gasteiger partial charge in [0.15, 0.2) is 5.88 Å². The lowest BCUT2D eigenvalue weighted by Crippen LogP contribution is -2.41. The van der Waals surface area contributed by atoms with E-state index in [1.54, 1.807) is 17.9 Å². The van der Waals surface area contributed by atoms with Crippen LogP contribution in [0.4, 0.5) is 31.7 Å². The fourth-order valence-corrected chi connectivity index (χ4v) is 5.84. The third kappa shape index (κ3) is 9.35. The number of hydrogen-bond donors (Lipinski definition) is 3. The fourth-order valence-electron chi connectivity index (χ4n) is 5.84. The Balaban J connectivity index is 1.17. The molecule has 13 nitrogen and oxygen atoms in total. The number of rotatable bonds is 13. The molecule has 2 saturated heterocycles. The summed E-state index contributed by atoms with van der Waals surface area (Å²) in [6.07, 6.45) is 8.38. The topological polar surface area (TPSA) is 152 Å². The van der Waals surface area contributed by atoms with E-state index in [2.05, 4.69) is 42.1 Å². The maximum absolute atomic E-state index is 15.4. The summed E-state index contributed by atoms with van der Waals surface area (Å²) in [5, 5.41) is 7.37. The number of anilines is 3. The van der Waals surface area contributed by atoms with Gasteiger partial charge in [0.1, 0.15) is 41.9 Å². The van der Waals surface area contributed by atoms with Crippen molar-refractivity contribution in [2.24, 2.45) is 10.7 Å². The maximum atomic E-state index is 15.4. The lowest BCUT2D eigenvalue weighted by atomic mass is 10.0. The number of hydrogen-bond acceptors (Lipinski definition) is 12. The van der Waals surface area contributed by atoms with Crippen molar-refractivity contribution in [3.63, 3.8) is 0 Å². The number of benzene rings is 2. The van der Waals surface area contributed by atoms with Crippen LogP contribution < -0.4 is 25.8 Å². The standard InChI is InChI=1S/C37H41F2N9O4/c1-3-36(49)48-10-7-25(8-11-48)45-33-20-28-32(21-34(33)51-17-14-47-12-15-50-16-13-47)43-23-44-37(28)46-31-5-4-27(19-30(31)39)52-35(40)6-9-41-26-18-29(38)24(2)42-22-26/h3-6,9,18-23,25,45H,1,7-8,10-17,40H2,2H3,(H,43,44,46)/b35-6+,41-9?. The summed E-state index contributed by atoms with van der Waals surface area (Å²) in [5.41, 5.74) is 8.04. The summed E-state index contributed by atoms with van der Waals surface area (Å²) < 4.78 is 46.5. The van der Waals surface area contributed by atoms with Crippen molar-refractivity contribution in [3.8, 4) is 11.5 Å². The van der Waals surface area contributed by atoms with Crippen LogP contribution in [0.2, 0.25) is 0 Å². The molecular formula is C37H41F2N9O4. The molecule has 0 atom stereocenters. The molecule has 4 aromatic rings. The number of aliphatic imine (C=N–C) groups is 1. The molecule has 1 amide bonds. The molecule has 2 aliphatic heterocycles. The van der Waals surface area contributed by atoms with Gasteiger partial charge >= 0.3 is 0 Å². The van der Waals surface area contributed by atoms with E-state index in [0.29, 0.717) is 61.1 Å². The van der Waals surface area contributed by atoms with Gasteiger partial charge in [-0.2, -0.15) is 0 Å². The van der Waals surface area contributed by atoms with Gasteiger partial charge in [0.25, 0.3) is 0 Å². The summed E-state index contributed by atoms with van der Waals surface area (Å²) in [7, 11) is 0. The van der Waals surface area contributed by atoms with E-state index in [9.17, 15) is 9.18 Å². The van der Waals surface area contributed by atoms with Gasteiger partial charge in [0.2, 0.25) is 5.91 Å². The summed E-state index contributed by atoms with van der Waals surface area (Å²) in [6, 6.07) is 9.38. The molecule has 4 heterocycles. The molecule has 4 N–H and O–H groups in total. The number of pyridine rings is 1. The molecular weight excluding hydrogens is 672 g/mol. The van der Waals surface area contributed by atoms with Gasteiger partial charge < -0.3 is 35.5 Å². The molecule has 2 fully saturated rings. The van der Waals surface area contributed by atoms with E-state index < -0.39 is 11.6 Å². The van der Waals surface area contributed by atoms with E-state index >= 15 is 4.39 Å². The molecule has 0 saturated carbocycles. The van der Waals surface area contributed by atoms with Crippen molar-refractivity contribution < 1.29 is 27.8 Å². The Morgan fingerprint density at radius 3 is 2.63 bits per heavy atom. The number of allylic oxidation sites excluding steroid dienone is 1. The fraction of sp³-hybridized carbons (Fsp3) is 0.324. The van der Waals surface area contributed by atoms with Crippen LogP contribution in [-0.4, -0.2) is 95.5 Å². The molecule has 52 heavy (non-hydrogen) atoms. The van der Waals surface area contributed by atoms with Crippen LogP contribution in [0, 0.1) is 18.6 Å². The number of aryl methyl sites for hydroxylation is 1. The number of nitrogens with one attached hydrogen (secondary N) is 2. The molecule has 272 valence electrons. The average Bonchev–Trinajstić information content (AvgIpc) is 3.15. The zero-order valence-electron chi connectivity index (χ0n) is 28.9.